The lowest BCUT2D eigenvalue weighted by Crippen LogP contribution is -1.99. The monoisotopic (exact) mass is 348 g/mol. The van der Waals surface area contributed by atoms with Crippen LogP contribution in [0.3, 0.4) is 0 Å². The minimum Gasteiger partial charge on any atom is -0.383 e. The predicted molar refractivity (Wildman–Crippen MR) is 79.9 cm³/mol. The summed E-state index contributed by atoms with van der Waals surface area (Å²) < 4.78 is 0.845. The minimum atomic E-state index is 0.482. The third-order valence-corrected chi connectivity index (χ3v) is 3.43. The van der Waals surface area contributed by atoms with E-state index in [0.29, 0.717) is 11.6 Å². The molecule has 1 aromatic carbocycles. The van der Waals surface area contributed by atoms with Crippen LogP contribution in [0, 0.1) is 3.57 Å². The van der Waals surface area contributed by atoms with E-state index in [4.69, 9.17) is 5.73 Å². The largest absolute Gasteiger partial charge is 0.383 e. The standard InChI is InChI=1S/C13H9IN4/c14-9-7-16-13(18-12(9)15)11-6-5-8-3-1-2-4-10(8)17-11/h1-7H,(H2,15,16,18). The summed E-state index contributed by atoms with van der Waals surface area (Å²) in [5.41, 5.74) is 7.44. The van der Waals surface area contributed by atoms with E-state index in [9.17, 15) is 0 Å². The van der Waals surface area contributed by atoms with Crippen molar-refractivity contribution in [2.24, 2.45) is 0 Å². The van der Waals surface area contributed by atoms with Gasteiger partial charge in [0.25, 0.3) is 0 Å². The maximum absolute atomic E-state index is 5.78. The van der Waals surface area contributed by atoms with Gasteiger partial charge in [0.2, 0.25) is 0 Å². The highest BCUT2D eigenvalue weighted by Crippen LogP contribution is 2.20. The lowest BCUT2D eigenvalue weighted by Gasteiger charge is -2.03. The van der Waals surface area contributed by atoms with Crippen LogP contribution in [0.2, 0.25) is 0 Å². The summed E-state index contributed by atoms with van der Waals surface area (Å²) in [6, 6.07) is 11.9. The van der Waals surface area contributed by atoms with E-state index in [0.717, 1.165) is 20.2 Å². The van der Waals surface area contributed by atoms with Crippen molar-refractivity contribution in [3.05, 3.63) is 46.2 Å². The highest BCUT2D eigenvalue weighted by molar-refractivity contribution is 14.1. The third-order valence-electron chi connectivity index (χ3n) is 2.60. The van der Waals surface area contributed by atoms with Crippen LogP contribution in [0.15, 0.2) is 42.6 Å². The number of halogens is 1. The van der Waals surface area contributed by atoms with Gasteiger partial charge >= 0.3 is 0 Å². The number of benzene rings is 1. The zero-order valence-electron chi connectivity index (χ0n) is 9.34. The van der Waals surface area contributed by atoms with Gasteiger partial charge in [-0.3, -0.25) is 0 Å². The lowest BCUT2D eigenvalue weighted by molar-refractivity contribution is 1.14. The molecule has 18 heavy (non-hydrogen) atoms. The fourth-order valence-corrected chi connectivity index (χ4v) is 1.95. The second kappa shape index (κ2) is 4.49. The number of aromatic nitrogens is 3. The summed E-state index contributed by atoms with van der Waals surface area (Å²) in [7, 11) is 0. The van der Waals surface area contributed by atoms with Gasteiger partial charge in [-0.15, -0.1) is 0 Å². The summed E-state index contributed by atoms with van der Waals surface area (Å²) in [6.07, 6.45) is 1.70. The predicted octanol–water partition coefficient (Wildman–Crippen LogP) is 2.88. The molecule has 0 bridgehead atoms. The molecule has 3 aromatic rings. The summed E-state index contributed by atoms with van der Waals surface area (Å²) in [5.74, 6) is 1.04. The molecule has 0 aliphatic rings. The van der Waals surface area contributed by atoms with Crippen LogP contribution in [-0.2, 0) is 0 Å². The van der Waals surface area contributed by atoms with Crippen molar-refractivity contribution in [2.45, 2.75) is 0 Å². The molecule has 0 saturated carbocycles. The van der Waals surface area contributed by atoms with Crippen LogP contribution < -0.4 is 5.73 Å². The second-order valence-corrected chi connectivity index (χ2v) is 4.98. The van der Waals surface area contributed by atoms with Crippen molar-refractivity contribution in [1.29, 1.82) is 0 Å². The Morgan fingerprint density at radius 3 is 2.67 bits per heavy atom. The Morgan fingerprint density at radius 1 is 1.00 bits per heavy atom. The van der Waals surface area contributed by atoms with Crippen molar-refractivity contribution in [3.63, 3.8) is 0 Å². The van der Waals surface area contributed by atoms with Gasteiger partial charge in [0.05, 0.1) is 9.09 Å². The molecular formula is C13H9IN4. The van der Waals surface area contributed by atoms with Gasteiger partial charge in [0, 0.05) is 11.6 Å². The molecule has 2 N–H and O–H groups in total. The number of nitrogen functional groups attached to an aromatic ring is 1. The number of pyridine rings is 1. The Hall–Kier alpha value is -1.76. The molecule has 0 atom stereocenters. The van der Waals surface area contributed by atoms with Gasteiger partial charge in [-0.2, -0.15) is 0 Å². The highest BCUT2D eigenvalue weighted by Gasteiger charge is 2.06. The van der Waals surface area contributed by atoms with Crippen LogP contribution in [0.1, 0.15) is 0 Å². The molecule has 0 aliphatic carbocycles. The maximum atomic E-state index is 5.78. The van der Waals surface area contributed by atoms with Crippen molar-refractivity contribution in [1.82, 2.24) is 15.0 Å². The second-order valence-electron chi connectivity index (χ2n) is 3.82. The van der Waals surface area contributed by atoms with Crippen LogP contribution in [0.4, 0.5) is 5.82 Å². The zero-order valence-corrected chi connectivity index (χ0v) is 11.5. The molecular weight excluding hydrogens is 339 g/mol. The summed E-state index contributed by atoms with van der Waals surface area (Å²) in [6.45, 7) is 0. The van der Waals surface area contributed by atoms with Crippen LogP contribution >= 0.6 is 22.6 Å². The first kappa shape index (κ1) is 11.3. The number of para-hydroxylation sites is 1. The summed E-state index contributed by atoms with van der Waals surface area (Å²) in [4.78, 5) is 13.0. The van der Waals surface area contributed by atoms with Crippen LogP contribution in [-0.4, -0.2) is 15.0 Å². The first-order chi connectivity index (χ1) is 8.74. The molecule has 88 valence electrons. The van der Waals surface area contributed by atoms with E-state index in [-0.39, 0.29) is 0 Å². The SMILES string of the molecule is Nc1nc(-c2ccc3ccccc3n2)ncc1I. The molecule has 0 amide bonds. The van der Waals surface area contributed by atoms with Crippen LogP contribution in [0.25, 0.3) is 22.4 Å². The first-order valence-electron chi connectivity index (χ1n) is 5.38. The Balaban J connectivity index is 2.16. The van der Waals surface area contributed by atoms with Crippen molar-refractivity contribution in [3.8, 4) is 11.5 Å². The Kier molecular flexibility index (Phi) is 2.83. The molecule has 5 heteroatoms. The smallest absolute Gasteiger partial charge is 0.180 e. The Bertz CT molecular complexity index is 727. The highest BCUT2D eigenvalue weighted by atomic mass is 127. The van der Waals surface area contributed by atoms with Crippen LogP contribution in [0.5, 0.6) is 0 Å². The molecule has 0 saturated heterocycles. The normalized spacial score (nSPS) is 10.7. The van der Waals surface area contributed by atoms with Gasteiger partial charge in [0.1, 0.15) is 11.5 Å². The molecule has 0 radical (unpaired) electrons. The maximum Gasteiger partial charge on any atom is 0.180 e. The van der Waals surface area contributed by atoms with Gasteiger partial charge in [0.15, 0.2) is 5.82 Å². The van der Waals surface area contributed by atoms with Gasteiger partial charge in [-0.05, 0) is 34.7 Å². The lowest BCUT2D eigenvalue weighted by atomic mass is 10.2. The van der Waals surface area contributed by atoms with Gasteiger partial charge in [-0.1, -0.05) is 24.3 Å². The van der Waals surface area contributed by atoms with E-state index >= 15 is 0 Å². The quantitative estimate of drug-likeness (QED) is 0.687. The van der Waals surface area contributed by atoms with E-state index in [1.807, 2.05) is 36.4 Å². The van der Waals surface area contributed by atoms with Crippen molar-refractivity contribution >= 4 is 39.3 Å². The first-order valence-corrected chi connectivity index (χ1v) is 6.46. The molecule has 0 spiro atoms. The fraction of sp³-hybridized carbons (Fsp3) is 0. The number of hydrogen-bond acceptors (Lipinski definition) is 4. The summed E-state index contributed by atoms with van der Waals surface area (Å²) >= 11 is 2.10. The number of nitrogens with zero attached hydrogens (tertiary/aromatic N) is 3. The molecule has 2 aromatic heterocycles. The number of fused-ring (bicyclic) bond motifs is 1. The number of anilines is 1. The Labute approximate surface area is 117 Å². The fourth-order valence-electron chi connectivity index (χ4n) is 1.69. The molecule has 0 fully saturated rings. The van der Waals surface area contributed by atoms with E-state index < -0.39 is 0 Å². The molecule has 0 aliphatic heterocycles. The minimum absolute atomic E-state index is 0.482. The topological polar surface area (TPSA) is 64.7 Å². The number of hydrogen-bond donors (Lipinski definition) is 1. The van der Waals surface area contributed by atoms with E-state index in [1.54, 1.807) is 6.20 Å². The van der Waals surface area contributed by atoms with Crippen molar-refractivity contribution < 1.29 is 0 Å². The molecule has 3 rings (SSSR count). The van der Waals surface area contributed by atoms with Gasteiger partial charge < -0.3 is 5.73 Å². The van der Waals surface area contributed by atoms with Crippen molar-refractivity contribution in [2.75, 3.05) is 5.73 Å². The average Bonchev–Trinajstić information content (AvgIpc) is 2.41. The van der Waals surface area contributed by atoms with Gasteiger partial charge in [-0.25, -0.2) is 15.0 Å². The molecule has 4 nitrogen and oxygen atoms in total. The third kappa shape index (κ3) is 2.01. The molecule has 0 unspecified atom stereocenters. The Morgan fingerprint density at radius 2 is 1.83 bits per heavy atom. The van der Waals surface area contributed by atoms with E-state index in [1.165, 1.54) is 0 Å². The number of nitrogens with two attached hydrogens (primary N) is 1. The molecule has 2 heterocycles. The van der Waals surface area contributed by atoms with E-state index in [2.05, 4.69) is 37.5 Å². The number of rotatable bonds is 1. The average molecular weight is 348 g/mol. The summed E-state index contributed by atoms with van der Waals surface area (Å²) in [5, 5.41) is 1.10. The zero-order chi connectivity index (χ0) is 12.5.